The lowest BCUT2D eigenvalue weighted by molar-refractivity contribution is -0.129. The minimum absolute atomic E-state index is 0.319. The average Bonchev–Trinajstić information content (AvgIpc) is 3.08. The molecule has 26 heavy (non-hydrogen) atoms. The molecule has 0 saturated carbocycles. The van der Waals surface area contributed by atoms with Crippen LogP contribution >= 0.6 is 22.9 Å². The lowest BCUT2D eigenvalue weighted by Crippen LogP contribution is -2.35. The van der Waals surface area contributed by atoms with Crippen molar-refractivity contribution in [3.05, 3.63) is 56.7 Å². The van der Waals surface area contributed by atoms with Crippen molar-refractivity contribution in [2.45, 2.75) is 38.2 Å². The molecule has 0 bridgehead atoms. The van der Waals surface area contributed by atoms with Crippen LogP contribution in [0, 0.1) is 0 Å². The quantitative estimate of drug-likeness (QED) is 0.537. The molecular formula is C19H22ClNO4S. The summed E-state index contributed by atoms with van der Waals surface area (Å²) in [4.78, 5) is 24.0. The summed E-state index contributed by atoms with van der Waals surface area (Å²) in [5.74, 6) is -1.29. The van der Waals surface area contributed by atoms with Crippen molar-refractivity contribution >= 4 is 34.8 Å². The Morgan fingerprint density at radius 2 is 1.96 bits per heavy atom. The maximum Gasteiger partial charge on any atom is 0.345 e. The molecule has 0 saturated heterocycles. The molecule has 1 heterocycles. The summed E-state index contributed by atoms with van der Waals surface area (Å²) in [5.41, 5.74) is 1.08. The molecule has 7 heteroatoms. The Hall–Kier alpha value is -1.89. The van der Waals surface area contributed by atoms with Crippen molar-refractivity contribution in [3.8, 4) is 0 Å². The molecule has 1 aromatic heterocycles. The van der Waals surface area contributed by atoms with Crippen molar-refractivity contribution in [1.29, 1.82) is 0 Å². The number of hydrogen-bond donors (Lipinski definition) is 3. The summed E-state index contributed by atoms with van der Waals surface area (Å²) >= 11 is 7.17. The van der Waals surface area contributed by atoms with Crippen molar-refractivity contribution in [2.24, 2.45) is 0 Å². The van der Waals surface area contributed by atoms with Gasteiger partial charge < -0.3 is 15.5 Å². The number of carboxylic acid groups (broad SMARTS) is 1. The molecular weight excluding hydrogens is 374 g/mol. The summed E-state index contributed by atoms with van der Waals surface area (Å²) in [5, 5.41) is 22.2. The van der Waals surface area contributed by atoms with Gasteiger partial charge in [-0.25, -0.2) is 4.79 Å². The summed E-state index contributed by atoms with van der Waals surface area (Å²) in [7, 11) is 0. The number of aromatic carboxylic acids is 1. The molecule has 0 aliphatic carbocycles. The monoisotopic (exact) mass is 395 g/mol. The first-order chi connectivity index (χ1) is 12.5. The molecule has 0 fully saturated rings. The van der Waals surface area contributed by atoms with Crippen LogP contribution in [0.2, 0.25) is 5.02 Å². The zero-order valence-electron chi connectivity index (χ0n) is 14.3. The fraction of sp³-hybridized carbons (Fsp3) is 0.368. The van der Waals surface area contributed by atoms with Gasteiger partial charge in [0.05, 0.1) is 0 Å². The van der Waals surface area contributed by atoms with Crippen LogP contribution in [0.3, 0.4) is 0 Å². The number of aryl methyl sites for hydroxylation is 2. The number of amides is 1. The van der Waals surface area contributed by atoms with E-state index in [1.54, 1.807) is 12.1 Å². The Labute approximate surface area is 161 Å². The number of carboxylic acids is 1. The number of rotatable bonds is 10. The van der Waals surface area contributed by atoms with Crippen LogP contribution in [0.1, 0.15) is 39.4 Å². The van der Waals surface area contributed by atoms with E-state index in [-0.39, 0.29) is 5.91 Å². The first-order valence-corrected chi connectivity index (χ1v) is 9.67. The number of benzene rings is 1. The number of hydrogen-bond acceptors (Lipinski definition) is 4. The molecule has 0 spiro atoms. The lowest BCUT2D eigenvalue weighted by atomic mass is 10.1. The van der Waals surface area contributed by atoms with Gasteiger partial charge in [-0.1, -0.05) is 23.7 Å². The maximum atomic E-state index is 11.9. The van der Waals surface area contributed by atoms with E-state index < -0.39 is 12.1 Å². The van der Waals surface area contributed by atoms with Gasteiger partial charge >= 0.3 is 5.97 Å². The van der Waals surface area contributed by atoms with Gasteiger partial charge in [-0.2, -0.15) is 0 Å². The first-order valence-electron chi connectivity index (χ1n) is 8.48. The smallest absolute Gasteiger partial charge is 0.345 e. The molecule has 2 aromatic rings. The van der Waals surface area contributed by atoms with Gasteiger partial charge in [0, 0.05) is 16.4 Å². The van der Waals surface area contributed by atoms with E-state index in [2.05, 4.69) is 5.32 Å². The van der Waals surface area contributed by atoms with Crippen molar-refractivity contribution < 1.29 is 19.8 Å². The summed E-state index contributed by atoms with van der Waals surface area (Å²) in [6.07, 6.45) is 2.22. The SMILES string of the molecule is O=C(O)c1ccc(CCCNC(=O)C(O)CCCc2cccc(Cl)c2)s1. The molecule has 0 aliphatic rings. The standard InChI is InChI=1S/C19H22ClNO4S/c20-14-6-1-4-13(12-14)5-2-8-16(22)18(23)21-11-3-7-15-9-10-17(26-15)19(24)25/h1,4,6,9-10,12,16,22H,2-3,5,7-8,11H2,(H,21,23)(H,24,25). The second kappa shape index (κ2) is 10.3. The highest BCUT2D eigenvalue weighted by Crippen LogP contribution is 2.18. The molecule has 1 atom stereocenters. The van der Waals surface area contributed by atoms with E-state index in [1.807, 2.05) is 24.3 Å². The van der Waals surface area contributed by atoms with Crippen LogP contribution in [0.15, 0.2) is 36.4 Å². The summed E-state index contributed by atoms with van der Waals surface area (Å²) in [6.45, 7) is 0.449. The molecule has 2 rings (SSSR count). The molecule has 0 radical (unpaired) electrons. The molecule has 1 unspecified atom stereocenters. The van der Waals surface area contributed by atoms with Crippen LogP contribution in [-0.4, -0.2) is 34.7 Å². The normalized spacial score (nSPS) is 11.9. The highest BCUT2D eigenvalue weighted by atomic mass is 35.5. The Morgan fingerprint density at radius 3 is 2.65 bits per heavy atom. The second-order valence-corrected chi connectivity index (χ2v) is 7.61. The van der Waals surface area contributed by atoms with Gasteiger partial charge in [-0.15, -0.1) is 11.3 Å². The minimum atomic E-state index is -1.02. The predicted molar refractivity (Wildman–Crippen MR) is 103 cm³/mol. The van der Waals surface area contributed by atoms with E-state index >= 15 is 0 Å². The Balaban J connectivity index is 1.61. The third kappa shape index (κ3) is 6.78. The van der Waals surface area contributed by atoms with Crippen LogP contribution in [0.4, 0.5) is 0 Å². The van der Waals surface area contributed by atoms with Gasteiger partial charge in [0.15, 0.2) is 0 Å². The van der Waals surface area contributed by atoms with E-state index in [4.69, 9.17) is 16.7 Å². The number of thiophene rings is 1. The summed E-state index contributed by atoms with van der Waals surface area (Å²) in [6, 6.07) is 10.9. The Bertz CT molecular complexity index is 747. The average molecular weight is 396 g/mol. The van der Waals surface area contributed by atoms with Gasteiger partial charge in [0.25, 0.3) is 0 Å². The summed E-state index contributed by atoms with van der Waals surface area (Å²) < 4.78 is 0. The molecule has 1 amide bonds. The van der Waals surface area contributed by atoms with Crippen LogP contribution < -0.4 is 5.32 Å². The number of aliphatic hydroxyl groups is 1. The minimum Gasteiger partial charge on any atom is -0.477 e. The van der Waals surface area contributed by atoms with Crippen LogP contribution in [-0.2, 0) is 17.6 Å². The lowest BCUT2D eigenvalue weighted by Gasteiger charge is -2.11. The van der Waals surface area contributed by atoms with Gasteiger partial charge in [0.1, 0.15) is 11.0 Å². The van der Waals surface area contributed by atoms with Crippen LogP contribution in [0.5, 0.6) is 0 Å². The fourth-order valence-corrected chi connectivity index (χ4v) is 3.64. The van der Waals surface area contributed by atoms with Gasteiger partial charge in [-0.3, -0.25) is 4.79 Å². The Kier molecular flexibility index (Phi) is 8.09. The van der Waals surface area contributed by atoms with Crippen LogP contribution in [0.25, 0.3) is 0 Å². The number of carbonyl (C=O) groups is 2. The van der Waals surface area contributed by atoms with Crippen molar-refractivity contribution in [3.63, 3.8) is 0 Å². The van der Waals surface area contributed by atoms with Crippen molar-refractivity contribution in [2.75, 3.05) is 6.54 Å². The third-order valence-corrected chi connectivity index (χ3v) is 5.27. The number of halogens is 1. The fourth-order valence-electron chi connectivity index (χ4n) is 2.54. The highest BCUT2D eigenvalue weighted by Gasteiger charge is 2.14. The number of nitrogens with one attached hydrogen (secondary N) is 1. The first kappa shape index (κ1) is 20.4. The molecule has 0 aliphatic heterocycles. The molecule has 1 aromatic carbocycles. The topological polar surface area (TPSA) is 86.6 Å². The van der Waals surface area contributed by atoms with Gasteiger partial charge in [-0.05, 0) is 61.9 Å². The van der Waals surface area contributed by atoms with E-state index in [0.29, 0.717) is 42.1 Å². The van der Waals surface area contributed by atoms with Crippen molar-refractivity contribution in [1.82, 2.24) is 5.32 Å². The third-order valence-electron chi connectivity index (χ3n) is 3.91. The number of aliphatic hydroxyl groups excluding tert-OH is 1. The zero-order chi connectivity index (χ0) is 18.9. The van der Waals surface area contributed by atoms with E-state index in [1.165, 1.54) is 11.3 Å². The predicted octanol–water partition coefficient (Wildman–Crippen LogP) is 3.53. The molecule has 3 N–H and O–H groups in total. The Morgan fingerprint density at radius 1 is 1.15 bits per heavy atom. The largest absolute Gasteiger partial charge is 0.477 e. The zero-order valence-corrected chi connectivity index (χ0v) is 15.9. The second-order valence-electron chi connectivity index (χ2n) is 6.00. The molecule has 5 nitrogen and oxygen atoms in total. The number of carbonyl (C=O) groups excluding carboxylic acids is 1. The van der Waals surface area contributed by atoms with E-state index in [9.17, 15) is 14.7 Å². The maximum absolute atomic E-state index is 11.9. The molecule has 140 valence electrons. The highest BCUT2D eigenvalue weighted by molar-refractivity contribution is 7.13. The van der Waals surface area contributed by atoms with E-state index in [0.717, 1.165) is 16.9 Å². The van der Waals surface area contributed by atoms with Gasteiger partial charge in [0.2, 0.25) is 5.91 Å².